The van der Waals surface area contributed by atoms with E-state index in [0.29, 0.717) is 22.5 Å². The molecule has 3 rings (SSSR count). The van der Waals surface area contributed by atoms with Crippen molar-refractivity contribution in [2.24, 2.45) is 0 Å². The fourth-order valence-corrected chi connectivity index (χ4v) is 4.61. The summed E-state index contributed by atoms with van der Waals surface area (Å²) >= 11 is 0. The number of esters is 1. The standard InChI is InChI=1S/C25H26N2O5S/c1-5-32-25(29)20-13-10-17(3)22(14-20)26-24(28)19-12-11-18(4)23(15-19)33(30,31)27-21-9-7-6-8-16(21)2/h6-15,27H,5H2,1-4H3,(H,26,28). The van der Waals surface area contributed by atoms with E-state index in [1.807, 2.05) is 6.07 Å². The molecule has 8 heteroatoms. The van der Waals surface area contributed by atoms with Gasteiger partial charge in [0.25, 0.3) is 15.9 Å². The maximum Gasteiger partial charge on any atom is 0.338 e. The molecule has 2 N–H and O–H groups in total. The Morgan fingerprint density at radius 1 is 0.818 bits per heavy atom. The number of amides is 1. The van der Waals surface area contributed by atoms with Gasteiger partial charge in [-0.15, -0.1) is 0 Å². The zero-order valence-electron chi connectivity index (χ0n) is 18.9. The molecule has 0 aliphatic rings. The average Bonchev–Trinajstić information content (AvgIpc) is 2.77. The van der Waals surface area contributed by atoms with Crippen LogP contribution in [0.3, 0.4) is 0 Å². The molecule has 0 bridgehead atoms. The smallest absolute Gasteiger partial charge is 0.338 e. The van der Waals surface area contributed by atoms with Crippen LogP contribution in [0.4, 0.5) is 11.4 Å². The number of aryl methyl sites for hydroxylation is 3. The molecule has 172 valence electrons. The number of sulfonamides is 1. The van der Waals surface area contributed by atoms with Crippen LogP contribution in [0.5, 0.6) is 0 Å². The van der Waals surface area contributed by atoms with E-state index >= 15 is 0 Å². The minimum Gasteiger partial charge on any atom is -0.462 e. The van der Waals surface area contributed by atoms with Gasteiger partial charge in [0.15, 0.2) is 0 Å². The third-order valence-corrected chi connectivity index (χ3v) is 6.63. The summed E-state index contributed by atoms with van der Waals surface area (Å²) in [6.07, 6.45) is 0. The largest absolute Gasteiger partial charge is 0.462 e. The molecule has 7 nitrogen and oxygen atoms in total. The predicted molar refractivity (Wildman–Crippen MR) is 128 cm³/mol. The summed E-state index contributed by atoms with van der Waals surface area (Å²) < 4.78 is 33.7. The highest BCUT2D eigenvalue weighted by Crippen LogP contribution is 2.24. The fraction of sp³-hybridized carbons (Fsp3) is 0.200. The lowest BCUT2D eigenvalue weighted by molar-refractivity contribution is 0.0526. The first-order chi connectivity index (χ1) is 15.6. The van der Waals surface area contributed by atoms with Crippen LogP contribution < -0.4 is 10.0 Å². The van der Waals surface area contributed by atoms with Crippen LogP contribution in [0.25, 0.3) is 0 Å². The van der Waals surface area contributed by atoms with E-state index in [0.717, 1.165) is 11.1 Å². The zero-order chi connectivity index (χ0) is 24.2. The Labute approximate surface area is 193 Å². The van der Waals surface area contributed by atoms with Crippen LogP contribution in [-0.2, 0) is 14.8 Å². The number of hydrogen-bond donors (Lipinski definition) is 2. The third-order valence-electron chi connectivity index (χ3n) is 5.13. The predicted octanol–water partition coefficient (Wildman–Crippen LogP) is 4.84. The van der Waals surface area contributed by atoms with Crippen molar-refractivity contribution in [2.75, 3.05) is 16.6 Å². The van der Waals surface area contributed by atoms with Crippen molar-refractivity contribution in [3.05, 3.63) is 88.5 Å². The van der Waals surface area contributed by atoms with Crippen molar-refractivity contribution in [1.29, 1.82) is 0 Å². The summed E-state index contributed by atoms with van der Waals surface area (Å²) in [5.41, 5.74) is 3.43. The van der Waals surface area contributed by atoms with E-state index in [4.69, 9.17) is 4.74 Å². The lowest BCUT2D eigenvalue weighted by Gasteiger charge is -2.14. The summed E-state index contributed by atoms with van der Waals surface area (Å²) in [5.74, 6) is -0.981. The summed E-state index contributed by atoms with van der Waals surface area (Å²) in [6.45, 7) is 7.22. The molecule has 0 spiro atoms. The number of benzene rings is 3. The van der Waals surface area contributed by atoms with Crippen LogP contribution in [-0.4, -0.2) is 26.9 Å². The second kappa shape index (κ2) is 9.87. The Morgan fingerprint density at radius 3 is 2.15 bits per heavy atom. The lowest BCUT2D eigenvalue weighted by Crippen LogP contribution is -2.18. The van der Waals surface area contributed by atoms with E-state index in [2.05, 4.69) is 10.0 Å². The monoisotopic (exact) mass is 466 g/mol. The first-order valence-corrected chi connectivity index (χ1v) is 11.9. The molecule has 0 heterocycles. The van der Waals surface area contributed by atoms with Crippen LogP contribution in [0.1, 0.15) is 44.3 Å². The number of carbonyl (C=O) groups excluding carboxylic acids is 2. The zero-order valence-corrected chi connectivity index (χ0v) is 19.7. The number of rotatable bonds is 7. The van der Waals surface area contributed by atoms with Crippen molar-refractivity contribution in [1.82, 2.24) is 0 Å². The van der Waals surface area contributed by atoms with Crippen molar-refractivity contribution in [2.45, 2.75) is 32.6 Å². The number of hydrogen-bond acceptors (Lipinski definition) is 5. The highest BCUT2D eigenvalue weighted by atomic mass is 32.2. The normalized spacial score (nSPS) is 11.0. The van der Waals surface area contributed by atoms with Gasteiger partial charge in [-0.1, -0.05) is 30.3 Å². The Bertz CT molecular complexity index is 1320. The van der Waals surface area contributed by atoms with E-state index in [1.54, 1.807) is 70.2 Å². The van der Waals surface area contributed by atoms with Gasteiger partial charge in [0.05, 0.1) is 22.8 Å². The van der Waals surface area contributed by atoms with Gasteiger partial charge in [0, 0.05) is 11.3 Å². The van der Waals surface area contributed by atoms with Crippen molar-refractivity contribution >= 4 is 33.3 Å². The first kappa shape index (κ1) is 24.0. The summed E-state index contributed by atoms with van der Waals surface area (Å²) in [4.78, 5) is 25.0. The molecule has 3 aromatic carbocycles. The molecule has 0 saturated heterocycles. The Balaban J connectivity index is 1.89. The molecule has 0 radical (unpaired) electrons. The van der Waals surface area contributed by atoms with Gasteiger partial charge in [-0.2, -0.15) is 0 Å². The van der Waals surface area contributed by atoms with E-state index in [-0.39, 0.29) is 17.1 Å². The van der Waals surface area contributed by atoms with Gasteiger partial charge < -0.3 is 10.1 Å². The minimum absolute atomic E-state index is 0.00963. The first-order valence-electron chi connectivity index (χ1n) is 10.4. The number of para-hydroxylation sites is 1. The highest BCUT2D eigenvalue weighted by molar-refractivity contribution is 7.92. The lowest BCUT2D eigenvalue weighted by atomic mass is 10.1. The third kappa shape index (κ3) is 5.59. The second-order valence-electron chi connectivity index (χ2n) is 7.60. The van der Waals surface area contributed by atoms with Crippen molar-refractivity contribution in [3.8, 4) is 0 Å². The van der Waals surface area contributed by atoms with Crippen LogP contribution >= 0.6 is 0 Å². The van der Waals surface area contributed by atoms with E-state index in [1.165, 1.54) is 12.1 Å². The second-order valence-corrected chi connectivity index (χ2v) is 9.26. The Morgan fingerprint density at radius 2 is 1.45 bits per heavy atom. The summed E-state index contributed by atoms with van der Waals surface area (Å²) in [6, 6.07) is 16.4. The van der Waals surface area contributed by atoms with Crippen molar-refractivity contribution in [3.63, 3.8) is 0 Å². The highest BCUT2D eigenvalue weighted by Gasteiger charge is 2.20. The summed E-state index contributed by atoms with van der Waals surface area (Å²) in [5, 5.41) is 2.76. The molecule has 0 saturated carbocycles. The average molecular weight is 467 g/mol. The number of nitrogens with one attached hydrogen (secondary N) is 2. The van der Waals surface area contributed by atoms with Crippen LogP contribution in [0.2, 0.25) is 0 Å². The van der Waals surface area contributed by atoms with Crippen LogP contribution in [0, 0.1) is 20.8 Å². The topological polar surface area (TPSA) is 102 Å². The Hall–Kier alpha value is -3.65. The molecule has 0 unspecified atom stereocenters. The maximum absolute atomic E-state index is 13.0. The SMILES string of the molecule is CCOC(=O)c1ccc(C)c(NC(=O)c2ccc(C)c(S(=O)(=O)Nc3ccccc3C)c2)c1. The summed E-state index contributed by atoms with van der Waals surface area (Å²) in [7, 11) is -3.92. The Kier molecular flexibility index (Phi) is 7.18. The molecular formula is C25H26N2O5S. The molecule has 0 aliphatic carbocycles. The minimum atomic E-state index is -3.92. The van der Waals surface area contributed by atoms with E-state index in [9.17, 15) is 18.0 Å². The molecular weight excluding hydrogens is 440 g/mol. The van der Waals surface area contributed by atoms with Gasteiger partial charge in [0.1, 0.15) is 0 Å². The number of anilines is 2. The quantitative estimate of drug-likeness (QED) is 0.485. The van der Waals surface area contributed by atoms with Crippen molar-refractivity contribution < 1.29 is 22.7 Å². The fourth-order valence-electron chi connectivity index (χ4n) is 3.21. The molecule has 0 aliphatic heterocycles. The van der Waals surface area contributed by atoms with Gasteiger partial charge in [-0.3, -0.25) is 9.52 Å². The molecule has 33 heavy (non-hydrogen) atoms. The molecule has 3 aromatic rings. The molecule has 1 amide bonds. The van der Waals surface area contributed by atoms with E-state index < -0.39 is 21.9 Å². The van der Waals surface area contributed by atoms with Gasteiger partial charge >= 0.3 is 5.97 Å². The number of carbonyl (C=O) groups is 2. The van der Waals surface area contributed by atoms with Gasteiger partial charge in [-0.25, -0.2) is 13.2 Å². The van der Waals surface area contributed by atoms with Gasteiger partial charge in [0.2, 0.25) is 0 Å². The molecule has 0 fully saturated rings. The maximum atomic E-state index is 13.0. The van der Waals surface area contributed by atoms with Crippen LogP contribution in [0.15, 0.2) is 65.6 Å². The van der Waals surface area contributed by atoms with Gasteiger partial charge in [-0.05, 0) is 74.7 Å². The molecule has 0 atom stereocenters. The molecule has 0 aromatic heterocycles. The number of ether oxygens (including phenoxy) is 1.